The van der Waals surface area contributed by atoms with E-state index in [0.29, 0.717) is 24.6 Å². The molecular formula is C19H21F2N3O3. The second-order valence-corrected chi connectivity index (χ2v) is 6.65. The largest absolute Gasteiger partial charge is 0.378 e. The Kier molecular flexibility index (Phi) is 5.95. The zero-order valence-electron chi connectivity index (χ0n) is 15.0. The fraction of sp³-hybridized carbons (Fsp3) is 0.421. The summed E-state index contributed by atoms with van der Waals surface area (Å²) < 4.78 is 32.1. The number of benzene rings is 1. The van der Waals surface area contributed by atoms with Crippen LogP contribution in [0.3, 0.4) is 0 Å². The average Bonchev–Trinajstić information content (AvgIpc) is 2.64. The van der Waals surface area contributed by atoms with Gasteiger partial charge in [0.05, 0.1) is 18.7 Å². The SMILES string of the molecule is COCc1cc(=O)[nH]c(C2CCCN(C(=O)Cc3cc(F)ccc3F)C2)n1. The summed E-state index contributed by atoms with van der Waals surface area (Å²) in [6, 6.07) is 4.47. The number of nitrogens with zero attached hydrogens (tertiary/aromatic N) is 2. The molecule has 1 aromatic heterocycles. The fourth-order valence-electron chi connectivity index (χ4n) is 3.32. The number of piperidine rings is 1. The fourth-order valence-corrected chi connectivity index (χ4v) is 3.32. The number of aromatic amines is 1. The third kappa shape index (κ3) is 4.77. The molecular weight excluding hydrogens is 356 g/mol. The number of hydrogen-bond acceptors (Lipinski definition) is 4. The molecule has 2 aromatic rings. The highest BCUT2D eigenvalue weighted by molar-refractivity contribution is 5.79. The van der Waals surface area contributed by atoms with Crippen molar-refractivity contribution in [2.75, 3.05) is 20.2 Å². The van der Waals surface area contributed by atoms with Crippen LogP contribution in [0.1, 0.15) is 35.8 Å². The summed E-state index contributed by atoms with van der Waals surface area (Å²) in [5, 5.41) is 0. The van der Waals surface area contributed by atoms with Gasteiger partial charge in [0.1, 0.15) is 17.5 Å². The molecule has 1 unspecified atom stereocenters. The van der Waals surface area contributed by atoms with Crippen LogP contribution in [0.15, 0.2) is 29.1 Å². The van der Waals surface area contributed by atoms with Gasteiger partial charge in [-0.3, -0.25) is 9.59 Å². The van der Waals surface area contributed by atoms with Gasteiger partial charge in [-0.2, -0.15) is 0 Å². The van der Waals surface area contributed by atoms with E-state index in [1.54, 1.807) is 4.90 Å². The van der Waals surface area contributed by atoms with Gasteiger partial charge in [0.2, 0.25) is 5.91 Å². The molecule has 27 heavy (non-hydrogen) atoms. The van der Waals surface area contributed by atoms with E-state index in [4.69, 9.17) is 4.74 Å². The number of carbonyl (C=O) groups is 1. The Balaban J connectivity index is 1.73. The van der Waals surface area contributed by atoms with E-state index in [-0.39, 0.29) is 36.0 Å². The molecule has 0 aliphatic carbocycles. The number of amides is 1. The standard InChI is InChI=1S/C19H21F2N3O3/c1-27-11-15-9-17(25)23-19(22-15)12-3-2-6-24(10-12)18(26)8-13-7-14(20)4-5-16(13)21/h4-5,7,9,12H,2-3,6,8,10-11H2,1H3,(H,22,23,25). The van der Waals surface area contributed by atoms with Gasteiger partial charge in [-0.25, -0.2) is 13.8 Å². The Morgan fingerprint density at radius 1 is 1.37 bits per heavy atom. The van der Waals surface area contributed by atoms with E-state index in [1.807, 2.05) is 0 Å². The van der Waals surface area contributed by atoms with Crippen molar-refractivity contribution in [2.24, 2.45) is 0 Å². The molecule has 1 atom stereocenters. The lowest BCUT2D eigenvalue weighted by atomic mass is 9.96. The number of aromatic nitrogens is 2. The van der Waals surface area contributed by atoms with Gasteiger partial charge in [-0.05, 0) is 31.0 Å². The van der Waals surface area contributed by atoms with E-state index < -0.39 is 11.6 Å². The van der Waals surface area contributed by atoms with Crippen LogP contribution in [0.5, 0.6) is 0 Å². The number of H-pyrrole nitrogens is 1. The van der Waals surface area contributed by atoms with Crippen LogP contribution in [0.25, 0.3) is 0 Å². The number of rotatable bonds is 5. The van der Waals surface area contributed by atoms with Crippen molar-refractivity contribution in [1.82, 2.24) is 14.9 Å². The number of likely N-dealkylation sites (tertiary alicyclic amines) is 1. The zero-order chi connectivity index (χ0) is 19.4. The molecule has 6 nitrogen and oxygen atoms in total. The highest BCUT2D eigenvalue weighted by atomic mass is 19.1. The number of nitrogens with one attached hydrogen (secondary N) is 1. The molecule has 0 spiro atoms. The summed E-state index contributed by atoms with van der Waals surface area (Å²) in [6.45, 7) is 1.13. The van der Waals surface area contributed by atoms with Gasteiger partial charge in [0.15, 0.2) is 0 Å². The summed E-state index contributed by atoms with van der Waals surface area (Å²) in [6.07, 6.45) is 1.31. The molecule has 1 aromatic carbocycles. The van der Waals surface area contributed by atoms with Crippen molar-refractivity contribution in [3.05, 3.63) is 63.3 Å². The van der Waals surface area contributed by atoms with E-state index in [9.17, 15) is 18.4 Å². The molecule has 1 aliphatic heterocycles. The number of methoxy groups -OCH3 is 1. The number of halogens is 2. The Bertz CT molecular complexity index is 885. The Morgan fingerprint density at radius 3 is 2.96 bits per heavy atom. The Labute approximate surface area is 155 Å². The van der Waals surface area contributed by atoms with Gasteiger partial charge < -0.3 is 14.6 Å². The molecule has 0 bridgehead atoms. The lowest BCUT2D eigenvalue weighted by molar-refractivity contribution is -0.131. The molecule has 3 rings (SSSR count). The van der Waals surface area contributed by atoms with Crippen LogP contribution in [-0.2, 0) is 22.6 Å². The molecule has 144 valence electrons. The molecule has 0 radical (unpaired) electrons. The molecule has 8 heteroatoms. The van der Waals surface area contributed by atoms with Crippen molar-refractivity contribution >= 4 is 5.91 Å². The summed E-state index contributed by atoms with van der Waals surface area (Å²) in [5.41, 5.74) is 0.301. The smallest absolute Gasteiger partial charge is 0.251 e. The minimum absolute atomic E-state index is 0.0377. The van der Waals surface area contributed by atoms with Gasteiger partial charge in [0, 0.05) is 37.7 Å². The summed E-state index contributed by atoms with van der Waals surface area (Å²) in [5.74, 6) is -1.06. The predicted octanol–water partition coefficient (Wildman–Crippen LogP) is 2.14. The first-order valence-electron chi connectivity index (χ1n) is 8.77. The average molecular weight is 377 g/mol. The number of ether oxygens (including phenoxy) is 1. The van der Waals surface area contributed by atoms with Crippen LogP contribution in [0.4, 0.5) is 8.78 Å². The summed E-state index contributed by atoms with van der Waals surface area (Å²) in [7, 11) is 1.52. The Hall–Kier alpha value is -2.61. The lowest BCUT2D eigenvalue weighted by Gasteiger charge is -2.32. The summed E-state index contributed by atoms with van der Waals surface area (Å²) >= 11 is 0. The lowest BCUT2D eigenvalue weighted by Crippen LogP contribution is -2.40. The van der Waals surface area contributed by atoms with E-state index >= 15 is 0 Å². The predicted molar refractivity (Wildman–Crippen MR) is 94.2 cm³/mol. The molecule has 1 fully saturated rings. The third-order valence-corrected chi connectivity index (χ3v) is 4.62. The topological polar surface area (TPSA) is 75.3 Å². The normalized spacial score (nSPS) is 17.1. The first-order valence-corrected chi connectivity index (χ1v) is 8.77. The van der Waals surface area contributed by atoms with Crippen LogP contribution >= 0.6 is 0 Å². The van der Waals surface area contributed by atoms with Crippen molar-refractivity contribution in [3.63, 3.8) is 0 Å². The number of hydrogen-bond donors (Lipinski definition) is 1. The highest BCUT2D eigenvalue weighted by Gasteiger charge is 2.27. The van der Waals surface area contributed by atoms with E-state index in [0.717, 1.165) is 31.0 Å². The van der Waals surface area contributed by atoms with Crippen molar-refractivity contribution < 1.29 is 18.3 Å². The monoisotopic (exact) mass is 377 g/mol. The van der Waals surface area contributed by atoms with Crippen molar-refractivity contribution in [1.29, 1.82) is 0 Å². The molecule has 1 amide bonds. The second-order valence-electron chi connectivity index (χ2n) is 6.65. The van der Waals surface area contributed by atoms with Gasteiger partial charge >= 0.3 is 0 Å². The quantitative estimate of drug-likeness (QED) is 0.866. The van der Waals surface area contributed by atoms with Gasteiger partial charge in [-0.1, -0.05) is 0 Å². The third-order valence-electron chi connectivity index (χ3n) is 4.62. The summed E-state index contributed by atoms with van der Waals surface area (Å²) in [4.78, 5) is 33.2. The highest BCUT2D eigenvalue weighted by Crippen LogP contribution is 2.25. The maximum Gasteiger partial charge on any atom is 0.251 e. The van der Waals surface area contributed by atoms with Crippen molar-refractivity contribution in [2.45, 2.75) is 31.8 Å². The second kappa shape index (κ2) is 8.39. The Morgan fingerprint density at radius 2 is 2.19 bits per heavy atom. The number of carbonyl (C=O) groups excluding carboxylic acids is 1. The molecule has 2 heterocycles. The zero-order valence-corrected chi connectivity index (χ0v) is 15.0. The minimum atomic E-state index is -0.600. The molecule has 1 N–H and O–H groups in total. The molecule has 0 saturated carbocycles. The van der Waals surface area contributed by atoms with E-state index in [1.165, 1.54) is 13.2 Å². The minimum Gasteiger partial charge on any atom is -0.378 e. The van der Waals surface area contributed by atoms with Crippen LogP contribution in [-0.4, -0.2) is 41.0 Å². The van der Waals surface area contributed by atoms with Gasteiger partial charge in [0.25, 0.3) is 5.56 Å². The first kappa shape index (κ1) is 19.2. The molecule has 1 aliphatic rings. The van der Waals surface area contributed by atoms with Crippen molar-refractivity contribution in [3.8, 4) is 0 Å². The maximum atomic E-state index is 13.8. The first-order chi connectivity index (χ1) is 13.0. The van der Waals surface area contributed by atoms with Gasteiger partial charge in [-0.15, -0.1) is 0 Å². The van der Waals surface area contributed by atoms with Crippen LogP contribution < -0.4 is 5.56 Å². The maximum absolute atomic E-state index is 13.8. The van der Waals surface area contributed by atoms with Crippen LogP contribution in [0.2, 0.25) is 0 Å². The molecule has 1 saturated heterocycles. The van der Waals surface area contributed by atoms with Crippen LogP contribution in [0, 0.1) is 11.6 Å². The van der Waals surface area contributed by atoms with E-state index in [2.05, 4.69) is 9.97 Å².